The van der Waals surface area contributed by atoms with Gasteiger partial charge in [0.05, 0.1) is 33.8 Å². The Morgan fingerprint density at radius 2 is 0.844 bits per heavy atom. The van der Waals surface area contributed by atoms with Crippen LogP contribution in [-0.2, 0) is 27.9 Å². The number of nitrogens with zero attached hydrogens (tertiary/aromatic N) is 1. The standard InChI is InChI=1S/C67H113N2O7P/c1-7-10-13-16-19-22-25-28-30-32-33-34-35-37-38-41-44-47-50-53-56-59-66(70)68-64(63-75-77(72,73)74-62-61-69(4,5)6)65(58-55-52-49-46-43-40-27-24-21-18-15-12-9-3)76-67(71)60-57-54-51-48-45-42-39-36-31-29-26-23-20-17-14-11-8-2/h10,13,19-20,22-23,28-31,33-34,37-39,42,44,47-48,51,55,58,64-65H,7-9,11-12,14-18,21,24-27,32,35-36,40-41,43,45-46,49-50,52-54,56-57,59-63H2,1-6H3,(H-,68,70,72,73)/p+1/b13-10-,22-19-,23-20-,30-28-,31-29-,34-33-,38-37-,42-39-,47-44-,51-48-,58-55-. The molecule has 1 amide bonds. The molecule has 0 rings (SSSR count). The molecule has 10 heteroatoms. The molecule has 0 aliphatic carbocycles. The predicted octanol–water partition coefficient (Wildman–Crippen LogP) is 18.9. The Balaban J connectivity index is 5.49. The maximum atomic E-state index is 13.5. The molecule has 0 spiro atoms. The Morgan fingerprint density at radius 1 is 0.468 bits per heavy atom. The van der Waals surface area contributed by atoms with Crippen molar-refractivity contribution in [3.8, 4) is 0 Å². The number of rotatable bonds is 53. The number of likely N-dealkylation sites (N-methyl/N-ethyl adjacent to an activating group) is 1. The van der Waals surface area contributed by atoms with Gasteiger partial charge in [0.1, 0.15) is 19.3 Å². The number of nitrogens with one attached hydrogen (secondary N) is 1. The molecule has 2 N–H and O–H groups in total. The van der Waals surface area contributed by atoms with Crippen molar-refractivity contribution in [2.45, 2.75) is 238 Å². The zero-order valence-corrected chi connectivity index (χ0v) is 50.8. The first kappa shape index (κ1) is 73.2. The van der Waals surface area contributed by atoms with Gasteiger partial charge in [-0.05, 0) is 122 Å². The highest BCUT2D eigenvalue weighted by Crippen LogP contribution is 2.43. The van der Waals surface area contributed by atoms with Crippen LogP contribution in [0.25, 0.3) is 0 Å². The van der Waals surface area contributed by atoms with Crippen molar-refractivity contribution in [3.63, 3.8) is 0 Å². The number of amides is 1. The minimum atomic E-state index is -4.48. The summed E-state index contributed by atoms with van der Waals surface area (Å²) in [6, 6.07) is -0.903. The van der Waals surface area contributed by atoms with E-state index in [1.54, 1.807) is 0 Å². The monoisotopic (exact) mass is 1090 g/mol. The minimum absolute atomic E-state index is 0.0157. The van der Waals surface area contributed by atoms with Gasteiger partial charge in [-0.25, -0.2) is 4.57 Å². The first-order valence-corrected chi connectivity index (χ1v) is 32.0. The Bertz CT molecular complexity index is 1780. The van der Waals surface area contributed by atoms with E-state index in [4.69, 9.17) is 13.8 Å². The van der Waals surface area contributed by atoms with E-state index in [1.807, 2.05) is 33.3 Å². The van der Waals surface area contributed by atoms with Crippen molar-refractivity contribution >= 4 is 19.7 Å². The van der Waals surface area contributed by atoms with E-state index in [2.05, 4.69) is 148 Å². The molecule has 438 valence electrons. The third-order valence-corrected chi connectivity index (χ3v) is 13.6. The topological polar surface area (TPSA) is 111 Å². The second-order valence-corrected chi connectivity index (χ2v) is 22.6. The smallest absolute Gasteiger partial charge is 0.456 e. The molecular weight excluding hydrogens is 976 g/mol. The van der Waals surface area contributed by atoms with Gasteiger partial charge in [0, 0.05) is 12.8 Å². The highest BCUT2D eigenvalue weighted by Gasteiger charge is 2.30. The van der Waals surface area contributed by atoms with Crippen molar-refractivity contribution < 1.29 is 37.3 Å². The Morgan fingerprint density at radius 3 is 1.30 bits per heavy atom. The summed E-state index contributed by atoms with van der Waals surface area (Å²) in [5.74, 6) is -0.632. The number of carbonyl (C=O) groups excluding carboxylic acids is 2. The number of hydrogen-bond acceptors (Lipinski definition) is 6. The molecule has 9 nitrogen and oxygen atoms in total. The number of ether oxygens (including phenoxy) is 1. The van der Waals surface area contributed by atoms with Crippen molar-refractivity contribution in [2.24, 2.45) is 0 Å². The predicted molar refractivity (Wildman–Crippen MR) is 332 cm³/mol. The summed E-state index contributed by atoms with van der Waals surface area (Å²) in [5, 5.41) is 3.01. The van der Waals surface area contributed by atoms with E-state index in [-0.39, 0.29) is 32.0 Å². The molecular formula is C67H114N2O7P+. The van der Waals surface area contributed by atoms with Crippen molar-refractivity contribution in [2.75, 3.05) is 40.9 Å². The largest absolute Gasteiger partial charge is 0.472 e. The van der Waals surface area contributed by atoms with E-state index < -0.39 is 25.9 Å². The van der Waals surface area contributed by atoms with E-state index in [0.29, 0.717) is 23.9 Å². The van der Waals surface area contributed by atoms with E-state index in [0.717, 1.165) is 96.3 Å². The van der Waals surface area contributed by atoms with Crippen LogP contribution in [0.5, 0.6) is 0 Å². The number of hydrogen-bond donors (Lipinski definition) is 2. The summed E-state index contributed by atoms with van der Waals surface area (Å²) < 4.78 is 30.6. The maximum Gasteiger partial charge on any atom is 0.472 e. The highest BCUT2D eigenvalue weighted by atomic mass is 31.2. The molecule has 0 aromatic rings. The Labute approximate surface area is 473 Å². The molecule has 0 heterocycles. The van der Waals surface area contributed by atoms with Crippen molar-refractivity contribution in [3.05, 3.63) is 134 Å². The lowest BCUT2D eigenvalue weighted by Crippen LogP contribution is -2.47. The number of phosphoric ester groups is 1. The number of quaternary nitrogens is 1. The molecule has 3 unspecified atom stereocenters. The second kappa shape index (κ2) is 55.5. The van der Waals surface area contributed by atoms with Crippen LogP contribution < -0.4 is 5.32 Å². The van der Waals surface area contributed by atoms with Gasteiger partial charge in [-0.2, -0.15) is 0 Å². The van der Waals surface area contributed by atoms with Gasteiger partial charge in [-0.3, -0.25) is 18.6 Å². The zero-order chi connectivity index (χ0) is 56.4. The fraction of sp³-hybridized carbons (Fsp3) is 0.642. The van der Waals surface area contributed by atoms with Gasteiger partial charge < -0.3 is 19.4 Å². The molecule has 77 heavy (non-hydrogen) atoms. The molecule has 0 aliphatic heterocycles. The van der Waals surface area contributed by atoms with Crippen LogP contribution in [0, 0.1) is 0 Å². The molecule has 0 saturated carbocycles. The van der Waals surface area contributed by atoms with E-state index in [9.17, 15) is 19.0 Å². The summed E-state index contributed by atoms with van der Waals surface area (Å²) in [7, 11) is 1.42. The van der Waals surface area contributed by atoms with Crippen molar-refractivity contribution in [1.82, 2.24) is 5.32 Å². The minimum Gasteiger partial charge on any atom is -0.456 e. The average molecular weight is 1090 g/mol. The van der Waals surface area contributed by atoms with E-state index >= 15 is 0 Å². The van der Waals surface area contributed by atoms with Gasteiger partial charge >= 0.3 is 13.8 Å². The van der Waals surface area contributed by atoms with Gasteiger partial charge in [0.25, 0.3) is 0 Å². The van der Waals surface area contributed by atoms with Crippen LogP contribution in [0.3, 0.4) is 0 Å². The fourth-order valence-corrected chi connectivity index (χ4v) is 8.61. The average Bonchev–Trinajstić information content (AvgIpc) is 3.39. The Hall–Kier alpha value is -3.85. The van der Waals surface area contributed by atoms with Crippen molar-refractivity contribution in [1.29, 1.82) is 0 Å². The normalized spacial score (nSPS) is 14.6. The van der Waals surface area contributed by atoms with Crippen LogP contribution in [0.4, 0.5) is 0 Å². The molecule has 0 aromatic carbocycles. The molecule has 0 bridgehead atoms. The van der Waals surface area contributed by atoms with Gasteiger partial charge in [-0.15, -0.1) is 0 Å². The zero-order valence-electron chi connectivity index (χ0n) is 49.9. The Kier molecular flexibility index (Phi) is 52.7. The lowest BCUT2D eigenvalue weighted by Gasteiger charge is -2.27. The first-order chi connectivity index (χ1) is 37.4. The van der Waals surface area contributed by atoms with E-state index in [1.165, 1.54) is 83.5 Å². The molecule has 0 aromatic heterocycles. The fourth-order valence-electron chi connectivity index (χ4n) is 7.87. The molecule has 0 aliphatic rings. The molecule has 3 atom stereocenters. The van der Waals surface area contributed by atoms with Crippen LogP contribution in [-0.4, -0.2) is 74.3 Å². The maximum absolute atomic E-state index is 13.5. The highest BCUT2D eigenvalue weighted by molar-refractivity contribution is 7.47. The first-order valence-electron chi connectivity index (χ1n) is 30.5. The number of esters is 1. The van der Waals surface area contributed by atoms with Crippen LogP contribution in [0.15, 0.2) is 134 Å². The number of carbonyl (C=O) groups is 2. The van der Waals surface area contributed by atoms with Crippen LogP contribution in [0.1, 0.15) is 226 Å². The number of unbranched alkanes of at least 4 members (excludes halogenated alkanes) is 17. The number of phosphoric acid groups is 1. The SMILES string of the molecule is CC/C=C\C/C=C\C/C=C\C/C=C\C/C=C\C/C=C\CCCCC(=O)NC(COP(=O)(O)OCC[N+](C)(C)C)C(/C=C\CCCCCCCCCCCCC)OC(=O)CCC/C=C\C/C=C\C/C=C\C/C=C\CCCCC. The molecule has 0 saturated heterocycles. The summed E-state index contributed by atoms with van der Waals surface area (Å²) in [5.41, 5.74) is 0. The van der Waals surface area contributed by atoms with Gasteiger partial charge in [0.15, 0.2) is 0 Å². The summed E-state index contributed by atoms with van der Waals surface area (Å²) in [4.78, 5) is 37.7. The third-order valence-electron chi connectivity index (χ3n) is 12.6. The van der Waals surface area contributed by atoms with Crippen LogP contribution in [0.2, 0.25) is 0 Å². The number of allylic oxidation sites excluding steroid dienone is 21. The quantitative estimate of drug-likeness (QED) is 0.0205. The van der Waals surface area contributed by atoms with Gasteiger partial charge in [-0.1, -0.05) is 225 Å². The second-order valence-electron chi connectivity index (χ2n) is 21.1. The molecule has 0 radical (unpaired) electrons. The van der Waals surface area contributed by atoms with Crippen LogP contribution >= 0.6 is 7.82 Å². The summed E-state index contributed by atoms with van der Waals surface area (Å²) in [6.07, 6.45) is 78.9. The summed E-state index contributed by atoms with van der Waals surface area (Å²) >= 11 is 0. The lowest BCUT2D eigenvalue weighted by atomic mass is 10.0. The summed E-state index contributed by atoms with van der Waals surface area (Å²) in [6.45, 7) is 6.78. The third kappa shape index (κ3) is 56.7. The molecule has 0 fully saturated rings. The lowest BCUT2D eigenvalue weighted by molar-refractivity contribution is -0.870. The van der Waals surface area contributed by atoms with Gasteiger partial charge in [0.2, 0.25) is 5.91 Å².